The standard InChI is InChI=1S/C15H10BrCl2NO2/c16-15(10-3-2-9(17)6-11(10)18)8-1-4-13-12(5-8)19-14(20)7-21-13/h1-6,15H,7H2,(H,19,20). The summed E-state index contributed by atoms with van der Waals surface area (Å²) in [6, 6.07) is 11.0. The molecule has 3 rings (SSSR count). The SMILES string of the molecule is O=C1COc2ccc(C(Br)c3ccc(Cl)cc3Cl)cc2N1. The van der Waals surface area contributed by atoms with Crippen LogP contribution < -0.4 is 10.1 Å². The van der Waals surface area contributed by atoms with E-state index in [1.807, 2.05) is 24.3 Å². The summed E-state index contributed by atoms with van der Waals surface area (Å²) in [4.78, 5) is 11.3. The van der Waals surface area contributed by atoms with Gasteiger partial charge < -0.3 is 10.1 Å². The Morgan fingerprint density at radius 3 is 2.76 bits per heavy atom. The number of benzene rings is 2. The van der Waals surface area contributed by atoms with Crippen LogP contribution in [0.2, 0.25) is 10.0 Å². The van der Waals surface area contributed by atoms with Gasteiger partial charge in [-0.1, -0.05) is 51.3 Å². The minimum atomic E-state index is -0.157. The van der Waals surface area contributed by atoms with E-state index in [-0.39, 0.29) is 17.3 Å². The van der Waals surface area contributed by atoms with E-state index in [0.717, 1.165) is 11.1 Å². The molecule has 0 saturated carbocycles. The van der Waals surface area contributed by atoms with Crippen molar-refractivity contribution in [2.24, 2.45) is 0 Å². The molecule has 0 fully saturated rings. The summed E-state index contributed by atoms with van der Waals surface area (Å²) in [7, 11) is 0. The number of carbonyl (C=O) groups excluding carboxylic acids is 1. The minimum absolute atomic E-state index is 0.0487. The predicted octanol–water partition coefficient (Wildman–Crippen LogP) is 4.81. The van der Waals surface area contributed by atoms with Crippen molar-refractivity contribution in [3.63, 3.8) is 0 Å². The van der Waals surface area contributed by atoms with E-state index in [1.54, 1.807) is 12.1 Å². The Kier molecular flexibility index (Phi) is 4.11. The number of ether oxygens (including phenoxy) is 1. The Morgan fingerprint density at radius 2 is 2.00 bits per heavy atom. The lowest BCUT2D eigenvalue weighted by atomic mass is 10.0. The average molecular weight is 387 g/mol. The van der Waals surface area contributed by atoms with Gasteiger partial charge in [0.2, 0.25) is 0 Å². The maximum absolute atomic E-state index is 11.4. The van der Waals surface area contributed by atoms with Gasteiger partial charge >= 0.3 is 0 Å². The van der Waals surface area contributed by atoms with Gasteiger partial charge in [-0.05, 0) is 35.4 Å². The largest absolute Gasteiger partial charge is 0.482 e. The van der Waals surface area contributed by atoms with Crippen LogP contribution in [-0.2, 0) is 4.79 Å². The van der Waals surface area contributed by atoms with Crippen molar-refractivity contribution in [2.75, 3.05) is 11.9 Å². The second kappa shape index (κ2) is 5.87. The summed E-state index contributed by atoms with van der Waals surface area (Å²) in [6.07, 6.45) is 0. The van der Waals surface area contributed by atoms with Crippen molar-refractivity contribution in [3.8, 4) is 5.75 Å². The molecule has 0 aliphatic carbocycles. The molecule has 108 valence electrons. The first-order valence-electron chi connectivity index (χ1n) is 6.20. The predicted molar refractivity (Wildman–Crippen MR) is 87.8 cm³/mol. The number of carbonyl (C=O) groups is 1. The van der Waals surface area contributed by atoms with E-state index in [0.29, 0.717) is 21.5 Å². The molecule has 1 aliphatic heterocycles. The lowest BCUT2D eigenvalue weighted by molar-refractivity contribution is -0.118. The molecule has 2 aromatic carbocycles. The fourth-order valence-corrected chi connectivity index (χ4v) is 3.48. The third-order valence-electron chi connectivity index (χ3n) is 3.16. The fourth-order valence-electron chi connectivity index (χ4n) is 2.14. The Balaban J connectivity index is 1.96. The van der Waals surface area contributed by atoms with E-state index in [2.05, 4.69) is 21.2 Å². The van der Waals surface area contributed by atoms with Crippen molar-refractivity contribution in [2.45, 2.75) is 4.83 Å². The Labute approximate surface area is 140 Å². The van der Waals surface area contributed by atoms with E-state index in [1.165, 1.54) is 0 Å². The van der Waals surface area contributed by atoms with Crippen molar-refractivity contribution in [1.82, 2.24) is 0 Å². The Morgan fingerprint density at radius 1 is 1.19 bits per heavy atom. The van der Waals surface area contributed by atoms with Gasteiger partial charge in [0, 0.05) is 10.0 Å². The van der Waals surface area contributed by atoms with Crippen LogP contribution in [0.25, 0.3) is 0 Å². The van der Waals surface area contributed by atoms with E-state index in [4.69, 9.17) is 27.9 Å². The number of alkyl halides is 1. The molecule has 1 unspecified atom stereocenters. The van der Waals surface area contributed by atoms with E-state index in [9.17, 15) is 4.79 Å². The number of rotatable bonds is 2. The molecule has 1 N–H and O–H groups in total. The monoisotopic (exact) mass is 385 g/mol. The number of amides is 1. The maximum Gasteiger partial charge on any atom is 0.262 e. The summed E-state index contributed by atoms with van der Waals surface area (Å²) in [5, 5.41) is 3.97. The molecule has 6 heteroatoms. The molecule has 2 aromatic rings. The molecule has 0 saturated heterocycles. The first kappa shape index (κ1) is 14.7. The van der Waals surface area contributed by atoms with Gasteiger partial charge in [-0.2, -0.15) is 0 Å². The van der Waals surface area contributed by atoms with Crippen LogP contribution in [0.1, 0.15) is 16.0 Å². The molecule has 0 radical (unpaired) electrons. The normalized spacial score (nSPS) is 14.9. The number of hydrogen-bond acceptors (Lipinski definition) is 2. The van der Waals surface area contributed by atoms with Crippen LogP contribution in [0.4, 0.5) is 5.69 Å². The summed E-state index contributed by atoms with van der Waals surface area (Å²) >= 11 is 15.8. The lowest BCUT2D eigenvalue weighted by Crippen LogP contribution is -2.25. The quantitative estimate of drug-likeness (QED) is 0.752. The Hall–Kier alpha value is -1.23. The van der Waals surface area contributed by atoms with Crippen molar-refractivity contribution >= 4 is 50.7 Å². The zero-order valence-corrected chi connectivity index (χ0v) is 13.8. The van der Waals surface area contributed by atoms with Crippen LogP contribution in [-0.4, -0.2) is 12.5 Å². The highest BCUT2D eigenvalue weighted by Gasteiger charge is 2.20. The zero-order valence-electron chi connectivity index (χ0n) is 10.7. The third kappa shape index (κ3) is 3.03. The third-order valence-corrected chi connectivity index (χ3v) is 4.75. The number of halogens is 3. The molecule has 3 nitrogen and oxygen atoms in total. The van der Waals surface area contributed by atoms with Gasteiger partial charge in [0.25, 0.3) is 5.91 Å². The van der Waals surface area contributed by atoms with Crippen molar-refractivity contribution in [3.05, 3.63) is 57.6 Å². The number of hydrogen-bond donors (Lipinski definition) is 1. The molecule has 0 bridgehead atoms. The molecule has 0 aromatic heterocycles. The van der Waals surface area contributed by atoms with Gasteiger partial charge in [-0.25, -0.2) is 0 Å². The first-order chi connectivity index (χ1) is 10.0. The minimum Gasteiger partial charge on any atom is -0.482 e. The zero-order chi connectivity index (χ0) is 15.0. The highest BCUT2D eigenvalue weighted by atomic mass is 79.9. The van der Waals surface area contributed by atoms with Gasteiger partial charge in [0.1, 0.15) is 5.75 Å². The second-order valence-corrected chi connectivity index (χ2v) is 6.38. The van der Waals surface area contributed by atoms with E-state index < -0.39 is 0 Å². The van der Waals surface area contributed by atoms with E-state index >= 15 is 0 Å². The van der Waals surface area contributed by atoms with Crippen molar-refractivity contribution in [1.29, 1.82) is 0 Å². The second-order valence-electron chi connectivity index (χ2n) is 4.62. The molecular formula is C15H10BrCl2NO2. The highest BCUT2D eigenvalue weighted by molar-refractivity contribution is 9.09. The lowest BCUT2D eigenvalue weighted by Gasteiger charge is -2.20. The molecule has 1 heterocycles. The van der Waals surface area contributed by atoms with Crippen LogP contribution in [0.15, 0.2) is 36.4 Å². The van der Waals surface area contributed by atoms with Crippen molar-refractivity contribution < 1.29 is 9.53 Å². The highest BCUT2D eigenvalue weighted by Crippen LogP contribution is 2.39. The summed E-state index contributed by atoms with van der Waals surface area (Å²) in [6.45, 7) is 0.0487. The maximum atomic E-state index is 11.4. The van der Waals surface area contributed by atoms with Gasteiger partial charge in [0.05, 0.1) is 10.5 Å². The molecule has 1 atom stereocenters. The number of nitrogens with one attached hydrogen (secondary N) is 1. The first-order valence-corrected chi connectivity index (χ1v) is 7.87. The summed E-state index contributed by atoms with van der Waals surface area (Å²) < 4.78 is 5.34. The molecule has 21 heavy (non-hydrogen) atoms. The molecule has 1 aliphatic rings. The number of fused-ring (bicyclic) bond motifs is 1. The molecule has 1 amide bonds. The smallest absolute Gasteiger partial charge is 0.262 e. The van der Waals surface area contributed by atoms with Crippen LogP contribution >= 0.6 is 39.1 Å². The van der Waals surface area contributed by atoms with Gasteiger partial charge in [-0.15, -0.1) is 0 Å². The van der Waals surface area contributed by atoms with Crippen LogP contribution in [0.3, 0.4) is 0 Å². The number of anilines is 1. The topological polar surface area (TPSA) is 38.3 Å². The summed E-state index contributed by atoms with van der Waals surface area (Å²) in [5.74, 6) is 0.510. The Bertz CT molecular complexity index is 721. The fraction of sp³-hybridized carbons (Fsp3) is 0.133. The molecular weight excluding hydrogens is 377 g/mol. The average Bonchev–Trinajstić information content (AvgIpc) is 2.46. The van der Waals surface area contributed by atoms with Crippen LogP contribution in [0.5, 0.6) is 5.75 Å². The van der Waals surface area contributed by atoms with Crippen LogP contribution in [0, 0.1) is 0 Å². The summed E-state index contributed by atoms with van der Waals surface area (Å²) in [5.41, 5.74) is 2.53. The molecule has 0 spiro atoms. The van der Waals surface area contributed by atoms with Gasteiger partial charge in [-0.3, -0.25) is 4.79 Å². The van der Waals surface area contributed by atoms with Gasteiger partial charge in [0.15, 0.2) is 6.61 Å².